The van der Waals surface area contributed by atoms with Gasteiger partial charge in [0.15, 0.2) is 0 Å². The van der Waals surface area contributed by atoms with Gasteiger partial charge in [-0.05, 0) is 43.4 Å². The second-order valence-corrected chi connectivity index (χ2v) is 5.21. The summed E-state index contributed by atoms with van der Waals surface area (Å²) in [6.07, 6.45) is 5.83. The minimum absolute atomic E-state index is 0.363. The summed E-state index contributed by atoms with van der Waals surface area (Å²) < 4.78 is 10.9. The van der Waals surface area contributed by atoms with Crippen LogP contribution in [0.4, 0.5) is 0 Å². The Kier molecular flexibility index (Phi) is 5.99. The number of rotatable bonds is 5. The molecule has 0 spiro atoms. The Balaban J connectivity index is 0.000000924. The number of hydrogen-bond acceptors (Lipinski definition) is 4. The van der Waals surface area contributed by atoms with Crippen LogP contribution in [0.2, 0.25) is 0 Å². The van der Waals surface area contributed by atoms with Crippen molar-refractivity contribution in [1.82, 2.24) is 4.98 Å². The molecule has 23 heavy (non-hydrogen) atoms. The quantitative estimate of drug-likeness (QED) is 0.749. The van der Waals surface area contributed by atoms with Gasteiger partial charge in [-0.2, -0.15) is 0 Å². The van der Waals surface area contributed by atoms with Crippen LogP contribution in [0, 0.1) is 18.4 Å². The van der Waals surface area contributed by atoms with E-state index in [1.54, 1.807) is 18.5 Å². The Labute approximate surface area is 137 Å². The second kappa shape index (κ2) is 8.19. The van der Waals surface area contributed by atoms with Crippen LogP contribution in [0.25, 0.3) is 0 Å². The third-order valence-electron chi connectivity index (χ3n) is 3.66. The Morgan fingerprint density at radius 3 is 2.65 bits per heavy atom. The van der Waals surface area contributed by atoms with Crippen LogP contribution in [-0.2, 0) is 6.61 Å². The fraction of sp³-hybridized carbons (Fsp3) is 0.368. The van der Waals surface area contributed by atoms with E-state index in [0.29, 0.717) is 24.2 Å². The van der Waals surface area contributed by atoms with Crippen molar-refractivity contribution in [3.05, 3.63) is 53.2 Å². The highest BCUT2D eigenvalue weighted by Gasteiger charge is 2.27. The molecule has 1 saturated carbocycles. The third kappa shape index (κ3) is 4.23. The maximum atomic E-state index is 8.79. The molecule has 1 aliphatic rings. The zero-order valence-corrected chi connectivity index (χ0v) is 13.9. The van der Waals surface area contributed by atoms with Crippen LogP contribution in [0.3, 0.4) is 0 Å². The zero-order valence-electron chi connectivity index (χ0n) is 13.9. The van der Waals surface area contributed by atoms with Crippen molar-refractivity contribution in [3.63, 3.8) is 0 Å². The molecule has 3 rings (SSSR count). The monoisotopic (exact) mass is 310 g/mol. The number of nitriles is 1. The number of hydrogen-bond donors (Lipinski definition) is 0. The molecule has 120 valence electrons. The minimum Gasteiger partial charge on any atom is -0.472 e. The summed E-state index contributed by atoms with van der Waals surface area (Å²) in [5, 5.41) is 8.79. The Bertz CT molecular complexity index is 688. The molecule has 0 saturated heterocycles. The Hall–Kier alpha value is -2.54. The first-order valence-corrected chi connectivity index (χ1v) is 8.01. The summed E-state index contributed by atoms with van der Waals surface area (Å²) in [5.74, 6) is 1.76. The van der Waals surface area contributed by atoms with Gasteiger partial charge in [-0.3, -0.25) is 0 Å². The lowest BCUT2D eigenvalue weighted by Gasteiger charge is -2.13. The highest BCUT2D eigenvalue weighted by Crippen LogP contribution is 2.43. The Morgan fingerprint density at radius 1 is 1.22 bits per heavy atom. The number of benzene rings is 1. The van der Waals surface area contributed by atoms with Crippen LogP contribution < -0.4 is 9.47 Å². The van der Waals surface area contributed by atoms with Gasteiger partial charge in [-0.25, -0.2) is 4.98 Å². The number of nitrogens with zero attached hydrogens (tertiary/aromatic N) is 2. The summed E-state index contributed by atoms with van der Waals surface area (Å²) >= 11 is 0. The SMILES string of the molecule is CC.Cc1cccnc1OCc1c(OC#N)cccc1C1CC1. The number of ether oxygens (including phenoxy) is 2. The van der Waals surface area contributed by atoms with E-state index in [2.05, 4.69) is 11.1 Å². The molecule has 0 aliphatic heterocycles. The van der Waals surface area contributed by atoms with E-state index in [0.717, 1.165) is 11.1 Å². The topological polar surface area (TPSA) is 55.1 Å². The molecule has 4 heteroatoms. The number of aryl methyl sites for hydroxylation is 1. The largest absolute Gasteiger partial charge is 0.472 e. The predicted molar refractivity (Wildman–Crippen MR) is 89.3 cm³/mol. The zero-order chi connectivity index (χ0) is 16.7. The van der Waals surface area contributed by atoms with Gasteiger partial charge in [0.1, 0.15) is 12.4 Å². The molecule has 0 amide bonds. The first-order chi connectivity index (χ1) is 11.3. The van der Waals surface area contributed by atoms with Crippen molar-refractivity contribution in [2.24, 2.45) is 0 Å². The number of pyridine rings is 1. The molecule has 0 bridgehead atoms. The smallest absolute Gasteiger partial charge is 0.292 e. The summed E-state index contributed by atoms with van der Waals surface area (Å²) in [5.41, 5.74) is 3.16. The maximum absolute atomic E-state index is 8.79. The van der Waals surface area contributed by atoms with Gasteiger partial charge in [-0.15, -0.1) is 5.26 Å². The van der Waals surface area contributed by atoms with Crippen molar-refractivity contribution >= 4 is 0 Å². The van der Waals surface area contributed by atoms with Gasteiger partial charge in [0, 0.05) is 17.3 Å². The molecule has 1 fully saturated rings. The molecule has 0 N–H and O–H groups in total. The van der Waals surface area contributed by atoms with Gasteiger partial charge in [0.2, 0.25) is 5.88 Å². The van der Waals surface area contributed by atoms with Crippen LogP contribution in [0.15, 0.2) is 36.5 Å². The summed E-state index contributed by atoms with van der Waals surface area (Å²) in [6.45, 7) is 6.32. The molecule has 2 aromatic rings. The van der Waals surface area contributed by atoms with Gasteiger partial charge < -0.3 is 9.47 Å². The molecular formula is C19H22N2O2. The first kappa shape index (κ1) is 16.8. The highest BCUT2D eigenvalue weighted by molar-refractivity contribution is 5.44. The van der Waals surface area contributed by atoms with Gasteiger partial charge >= 0.3 is 0 Å². The van der Waals surface area contributed by atoms with E-state index in [1.165, 1.54) is 18.4 Å². The lowest BCUT2D eigenvalue weighted by molar-refractivity contribution is 0.286. The van der Waals surface area contributed by atoms with Crippen molar-refractivity contribution in [3.8, 4) is 17.9 Å². The highest BCUT2D eigenvalue weighted by atomic mass is 16.5. The van der Waals surface area contributed by atoms with E-state index in [1.807, 2.05) is 39.0 Å². The van der Waals surface area contributed by atoms with E-state index in [9.17, 15) is 0 Å². The average Bonchev–Trinajstić information content (AvgIpc) is 3.42. The maximum Gasteiger partial charge on any atom is 0.292 e. The standard InChI is InChI=1S/C17H16N2O2.C2H6/c1-12-4-3-9-19-17(12)20-10-15-14(13-7-8-13)5-2-6-16(15)21-11-18;1-2/h2-6,9,13H,7-8,10H2,1H3;1-2H3. The predicted octanol–water partition coefficient (Wildman–Crippen LogP) is 4.73. The fourth-order valence-electron chi connectivity index (χ4n) is 2.42. The van der Waals surface area contributed by atoms with Crippen molar-refractivity contribution in [1.29, 1.82) is 5.26 Å². The van der Waals surface area contributed by atoms with Crippen LogP contribution >= 0.6 is 0 Å². The van der Waals surface area contributed by atoms with Crippen LogP contribution in [0.5, 0.6) is 11.6 Å². The second-order valence-electron chi connectivity index (χ2n) is 5.21. The Morgan fingerprint density at radius 2 is 2.00 bits per heavy atom. The summed E-state index contributed by atoms with van der Waals surface area (Å²) in [7, 11) is 0. The number of aromatic nitrogens is 1. The van der Waals surface area contributed by atoms with Gasteiger partial charge in [0.25, 0.3) is 6.26 Å². The third-order valence-corrected chi connectivity index (χ3v) is 3.66. The first-order valence-electron chi connectivity index (χ1n) is 8.01. The van der Waals surface area contributed by atoms with E-state index >= 15 is 0 Å². The van der Waals surface area contributed by atoms with Gasteiger partial charge in [-0.1, -0.05) is 32.0 Å². The minimum atomic E-state index is 0.363. The van der Waals surface area contributed by atoms with E-state index in [4.69, 9.17) is 14.7 Å². The van der Waals surface area contributed by atoms with E-state index in [-0.39, 0.29) is 0 Å². The molecule has 1 heterocycles. The van der Waals surface area contributed by atoms with Crippen molar-refractivity contribution < 1.29 is 9.47 Å². The molecule has 1 aromatic heterocycles. The van der Waals surface area contributed by atoms with Crippen molar-refractivity contribution in [2.75, 3.05) is 0 Å². The lowest BCUT2D eigenvalue weighted by Crippen LogP contribution is -2.04. The molecule has 0 unspecified atom stereocenters. The summed E-state index contributed by atoms with van der Waals surface area (Å²) in [6, 6.07) is 9.66. The van der Waals surface area contributed by atoms with Crippen LogP contribution in [-0.4, -0.2) is 4.98 Å². The van der Waals surface area contributed by atoms with Crippen molar-refractivity contribution in [2.45, 2.75) is 46.1 Å². The lowest BCUT2D eigenvalue weighted by atomic mass is 10.0. The molecule has 0 radical (unpaired) electrons. The normalized spacial score (nSPS) is 12.6. The molecule has 1 aliphatic carbocycles. The van der Waals surface area contributed by atoms with Crippen LogP contribution in [0.1, 0.15) is 49.3 Å². The molecule has 0 atom stereocenters. The molecule has 4 nitrogen and oxygen atoms in total. The van der Waals surface area contributed by atoms with E-state index < -0.39 is 0 Å². The molecule has 1 aromatic carbocycles. The average molecular weight is 310 g/mol. The molecular weight excluding hydrogens is 288 g/mol. The fourth-order valence-corrected chi connectivity index (χ4v) is 2.42. The van der Waals surface area contributed by atoms with Gasteiger partial charge in [0.05, 0.1) is 0 Å². The summed E-state index contributed by atoms with van der Waals surface area (Å²) in [4.78, 5) is 4.23.